The second-order valence-electron chi connectivity index (χ2n) is 7.46. The van der Waals surface area contributed by atoms with E-state index in [-0.39, 0.29) is 22.4 Å². The predicted molar refractivity (Wildman–Crippen MR) is 125 cm³/mol. The van der Waals surface area contributed by atoms with Crippen LogP contribution in [0.25, 0.3) is 21.4 Å². The molecule has 9 nitrogen and oxygen atoms in total. The lowest BCUT2D eigenvalue weighted by molar-refractivity contribution is 0.0995. The van der Waals surface area contributed by atoms with Gasteiger partial charge in [-0.15, -0.1) is 11.3 Å². The number of benzene rings is 1. The Hall–Kier alpha value is -3.89. The summed E-state index contributed by atoms with van der Waals surface area (Å²) in [6.45, 7) is 2.47. The summed E-state index contributed by atoms with van der Waals surface area (Å²) in [5, 5.41) is 10.5. The van der Waals surface area contributed by atoms with Gasteiger partial charge in [-0.3, -0.25) is 15.0 Å². The van der Waals surface area contributed by atoms with E-state index < -0.39 is 5.91 Å². The largest absolute Gasteiger partial charge is 0.439 e. The molecule has 33 heavy (non-hydrogen) atoms. The molecule has 4 heterocycles. The van der Waals surface area contributed by atoms with E-state index >= 15 is 0 Å². The average molecular weight is 462 g/mol. The number of amides is 1. The number of hydrogen-bond acceptors (Lipinski definition) is 9. The first-order valence-corrected chi connectivity index (χ1v) is 11.1. The van der Waals surface area contributed by atoms with Gasteiger partial charge in [0.05, 0.1) is 18.9 Å². The SMILES string of the molecule is N=C(c1cccc(-c2csc3c(=O)cc(N4CCOCC4)oc23)c1)c1cncnc1C(N)=O. The minimum absolute atomic E-state index is 0.0115. The van der Waals surface area contributed by atoms with Crippen LogP contribution >= 0.6 is 11.3 Å². The number of nitrogens with one attached hydrogen (secondary N) is 1. The Morgan fingerprint density at radius 2 is 2.03 bits per heavy atom. The molecular formula is C23H19N5O4S. The van der Waals surface area contributed by atoms with Crippen molar-refractivity contribution in [2.45, 2.75) is 0 Å². The number of morpholine rings is 1. The van der Waals surface area contributed by atoms with Gasteiger partial charge in [-0.05, 0) is 11.6 Å². The zero-order chi connectivity index (χ0) is 22.9. The zero-order valence-corrected chi connectivity index (χ0v) is 18.2. The van der Waals surface area contributed by atoms with E-state index in [4.69, 9.17) is 20.3 Å². The molecule has 10 heteroatoms. The molecule has 4 aromatic rings. The third kappa shape index (κ3) is 3.90. The molecule has 166 valence electrons. The van der Waals surface area contributed by atoms with Crippen LogP contribution in [-0.2, 0) is 4.74 Å². The number of ether oxygens (including phenoxy) is 1. The Labute approximate surface area is 192 Å². The summed E-state index contributed by atoms with van der Waals surface area (Å²) >= 11 is 1.32. The zero-order valence-electron chi connectivity index (χ0n) is 17.4. The van der Waals surface area contributed by atoms with Crippen molar-refractivity contribution in [1.82, 2.24) is 9.97 Å². The van der Waals surface area contributed by atoms with Gasteiger partial charge in [-0.25, -0.2) is 9.97 Å². The third-order valence-corrected chi connectivity index (χ3v) is 6.41. The van der Waals surface area contributed by atoms with Crippen molar-refractivity contribution in [3.63, 3.8) is 0 Å². The summed E-state index contributed by atoms with van der Waals surface area (Å²) in [5.41, 5.74) is 8.23. The second-order valence-corrected chi connectivity index (χ2v) is 8.34. The van der Waals surface area contributed by atoms with Gasteiger partial charge >= 0.3 is 0 Å². The van der Waals surface area contributed by atoms with Crippen molar-refractivity contribution in [3.05, 3.63) is 75.3 Å². The van der Waals surface area contributed by atoms with E-state index in [1.165, 1.54) is 29.9 Å². The molecule has 3 aromatic heterocycles. The number of fused-ring (bicyclic) bond motifs is 1. The quantitative estimate of drug-likeness (QED) is 0.436. The number of nitrogens with zero attached hydrogens (tertiary/aromatic N) is 3. The molecule has 3 N–H and O–H groups in total. The highest BCUT2D eigenvalue weighted by atomic mass is 32.1. The van der Waals surface area contributed by atoms with Crippen LogP contribution in [0.3, 0.4) is 0 Å². The van der Waals surface area contributed by atoms with Crippen LogP contribution in [0.2, 0.25) is 0 Å². The highest BCUT2D eigenvalue weighted by Gasteiger charge is 2.20. The fourth-order valence-corrected chi connectivity index (χ4v) is 4.69. The first-order chi connectivity index (χ1) is 16.0. The molecule has 1 amide bonds. The predicted octanol–water partition coefficient (Wildman–Crippen LogP) is 2.66. The Balaban J connectivity index is 1.57. The smallest absolute Gasteiger partial charge is 0.268 e. The summed E-state index contributed by atoms with van der Waals surface area (Å²) in [7, 11) is 0. The number of primary amides is 1. The molecule has 0 saturated carbocycles. The maximum atomic E-state index is 12.7. The lowest BCUT2D eigenvalue weighted by atomic mass is 9.98. The number of hydrogen-bond donors (Lipinski definition) is 2. The van der Waals surface area contributed by atoms with Crippen molar-refractivity contribution in [3.8, 4) is 11.1 Å². The van der Waals surface area contributed by atoms with Gasteiger partial charge < -0.3 is 19.8 Å². The Bertz CT molecular complexity index is 1440. The minimum Gasteiger partial charge on any atom is -0.439 e. The van der Waals surface area contributed by atoms with E-state index in [9.17, 15) is 9.59 Å². The molecule has 1 aliphatic rings. The summed E-state index contributed by atoms with van der Waals surface area (Å²) in [5.74, 6) is -0.207. The topological polar surface area (TPSA) is 135 Å². The molecule has 1 fully saturated rings. The van der Waals surface area contributed by atoms with Gasteiger partial charge in [0.25, 0.3) is 5.91 Å². The number of nitrogens with two attached hydrogens (primary N) is 1. The molecule has 0 unspecified atom stereocenters. The van der Waals surface area contributed by atoms with Crippen LogP contribution in [0.5, 0.6) is 0 Å². The summed E-state index contributed by atoms with van der Waals surface area (Å²) < 4.78 is 12.1. The fraction of sp³-hybridized carbons (Fsp3) is 0.174. The number of rotatable bonds is 5. The van der Waals surface area contributed by atoms with E-state index in [0.29, 0.717) is 48.0 Å². The maximum absolute atomic E-state index is 12.7. The molecule has 0 radical (unpaired) electrons. The molecule has 1 saturated heterocycles. The summed E-state index contributed by atoms with van der Waals surface area (Å²) in [4.78, 5) is 34.3. The van der Waals surface area contributed by atoms with Crippen LogP contribution in [0.15, 0.2) is 57.4 Å². The van der Waals surface area contributed by atoms with E-state index in [1.807, 2.05) is 22.4 Å². The summed E-state index contributed by atoms with van der Waals surface area (Å²) in [6.07, 6.45) is 2.62. The van der Waals surface area contributed by atoms with Crippen LogP contribution in [0.4, 0.5) is 5.88 Å². The second kappa shape index (κ2) is 8.57. The lowest BCUT2D eigenvalue weighted by Crippen LogP contribution is -2.36. The number of aromatic nitrogens is 2. The van der Waals surface area contributed by atoms with Gasteiger partial charge in [0, 0.05) is 47.4 Å². The molecule has 1 aliphatic heterocycles. The molecular weight excluding hydrogens is 442 g/mol. The molecule has 0 spiro atoms. The van der Waals surface area contributed by atoms with Gasteiger partial charge in [0.2, 0.25) is 5.43 Å². The van der Waals surface area contributed by atoms with Crippen molar-refractivity contribution >= 4 is 39.1 Å². The van der Waals surface area contributed by atoms with Crippen molar-refractivity contribution < 1.29 is 13.9 Å². The van der Waals surface area contributed by atoms with E-state index in [0.717, 1.165) is 11.1 Å². The number of carbonyl (C=O) groups excluding carboxylic acids is 1. The van der Waals surface area contributed by atoms with Gasteiger partial charge in [0.1, 0.15) is 16.7 Å². The number of anilines is 1. The van der Waals surface area contributed by atoms with Gasteiger partial charge in [0.15, 0.2) is 11.5 Å². The molecule has 0 atom stereocenters. The maximum Gasteiger partial charge on any atom is 0.268 e. The van der Waals surface area contributed by atoms with Crippen LogP contribution in [0, 0.1) is 5.41 Å². The van der Waals surface area contributed by atoms with E-state index in [2.05, 4.69) is 9.97 Å². The normalized spacial score (nSPS) is 13.9. The monoisotopic (exact) mass is 461 g/mol. The molecule has 5 rings (SSSR count). The minimum atomic E-state index is -0.727. The Morgan fingerprint density at radius 1 is 1.21 bits per heavy atom. The van der Waals surface area contributed by atoms with Crippen LogP contribution in [0.1, 0.15) is 21.6 Å². The molecule has 1 aromatic carbocycles. The van der Waals surface area contributed by atoms with Crippen LogP contribution in [-0.4, -0.2) is 47.9 Å². The Morgan fingerprint density at radius 3 is 2.82 bits per heavy atom. The standard InChI is InChI=1S/C23H19N5O4S/c24-19(15-10-26-12-27-20(15)23(25)30)14-3-1-2-13(8-14)16-11-33-22-17(29)9-18(32-21(16)22)28-4-6-31-7-5-28/h1-3,8-12,24H,4-7H2,(H2,25,30). The first-order valence-electron chi connectivity index (χ1n) is 10.2. The van der Waals surface area contributed by atoms with Crippen LogP contribution < -0.4 is 16.1 Å². The van der Waals surface area contributed by atoms with Gasteiger partial charge in [-0.1, -0.05) is 18.2 Å². The lowest BCUT2D eigenvalue weighted by Gasteiger charge is -2.27. The summed E-state index contributed by atoms with van der Waals surface area (Å²) in [6, 6.07) is 8.79. The van der Waals surface area contributed by atoms with E-state index in [1.54, 1.807) is 12.1 Å². The number of carbonyl (C=O) groups is 1. The van der Waals surface area contributed by atoms with Crippen molar-refractivity contribution in [2.24, 2.45) is 5.73 Å². The van der Waals surface area contributed by atoms with Gasteiger partial charge in [-0.2, -0.15) is 0 Å². The molecule has 0 aliphatic carbocycles. The molecule has 0 bridgehead atoms. The highest BCUT2D eigenvalue weighted by Crippen LogP contribution is 2.35. The van der Waals surface area contributed by atoms with Crippen molar-refractivity contribution in [2.75, 3.05) is 31.2 Å². The Kier molecular flexibility index (Phi) is 5.45. The third-order valence-electron chi connectivity index (χ3n) is 5.43. The van der Waals surface area contributed by atoms with Crippen molar-refractivity contribution in [1.29, 1.82) is 5.41 Å². The highest BCUT2D eigenvalue weighted by molar-refractivity contribution is 7.17. The first kappa shape index (κ1) is 21.0. The number of thiophene rings is 1. The average Bonchev–Trinajstić information content (AvgIpc) is 3.29. The fourth-order valence-electron chi connectivity index (χ4n) is 3.78.